The quantitative estimate of drug-likeness (QED) is 0.637. The van der Waals surface area contributed by atoms with Crippen molar-refractivity contribution in [1.29, 1.82) is 0 Å². The van der Waals surface area contributed by atoms with E-state index in [1.165, 1.54) is 50.8 Å². The summed E-state index contributed by atoms with van der Waals surface area (Å²) >= 11 is 5.44. The Morgan fingerprint density at radius 2 is 1.94 bits per heavy atom. The summed E-state index contributed by atoms with van der Waals surface area (Å²) in [4.78, 5) is 0. The maximum absolute atomic E-state index is 5.44. The largest absolute Gasteiger partial charge is 0.301 e. The van der Waals surface area contributed by atoms with Crippen LogP contribution >= 0.6 is 12.2 Å². The molecule has 0 aliphatic heterocycles. The van der Waals surface area contributed by atoms with Crippen LogP contribution in [0.25, 0.3) is 0 Å². The van der Waals surface area contributed by atoms with E-state index in [4.69, 9.17) is 12.2 Å². The number of hydrogen-bond donors (Lipinski definition) is 1. The summed E-state index contributed by atoms with van der Waals surface area (Å²) < 4.78 is 3.19. The van der Waals surface area contributed by atoms with Gasteiger partial charge >= 0.3 is 0 Å². The molecule has 2 unspecified atom stereocenters. The zero-order valence-electron chi connectivity index (χ0n) is 10.5. The SMILES string of the molecule is CC1CCCCCC1n1c(C2CC2)n[nH]c1=S. The van der Waals surface area contributed by atoms with Gasteiger partial charge in [-0.15, -0.1) is 0 Å². The summed E-state index contributed by atoms with van der Waals surface area (Å²) in [6.07, 6.45) is 9.29. The maximum atomic E-state index is 5.44. The first kappa shape index (κ1) is 11.5. The molecule has 0 aromatic carbocycles. The molecule has 4 heteroatoms. The lowest BCUT2D eigenvalue weighted by molar-refractivity contribution is 0.323. The lowest BCUT2D eigenvalue weighted by Gasteiger charge is -2.24. The number of aromatic nitrogens is 3. The average molecular weight is 251 g/mol. The van der Waals surface area contributed by atoms with Crippen LogP contribution < -0.4 is 0 Å². The number of aromatic amines is 1. The fourth-order valence-electron chi connectivity index (χ4n) is 3.12. The van der Waals surface area contributed by atoms with Crippen molar-refractivity contribution >= 4 is 12.2 Å². The van der Waals surface area contributed by atoms with Crippen molar-refractivity contribution in [1.82, 2.24) is 14.8 Å². The molecule has 17 heavy (non-hydrogen) atoms. The van der Waals surface area contributed by atoms with E-state index in [0.717, 1.165) is 10.7 Å². The summed E-state index contributed by atoms with van der Waals surface area (Å²) in [6.45, 7) is 2.38. The van der Waals surface area contributed by atoms with Crippen molar-refractivity contribution in [2.45, 2.75) is 63.8 Å². The molecule has 0 spiro atoms. The number of hydrogen-bond acceptors (Lipinski definition) is 2. The molecule has 2 atom stereocenters. The zero-order chi connectivity index (χ0) is 11.8. The Kier molecular flexibility index (Phi) is 3.07. The van der Waals surface area contributed by atoms with Crippen molar-refractivity contribution in [2.24, 2.45) is 5.92 Å². The lowest BCUT2D eigenvalue weighted by Crippen LogP contribution is -2.18. The molecule has 1 aromatic heterocycles. The molecule has 0 radical (unpaired) electrons. The number of nitrogens with one attached hydrogen (secondary N) is 1. The molecule has 1 heterocycles. The molecule has 2 fully saturated rings. The fraction of sp³-hybridized carbons (Fsp3) is 0.846. The number of nitrogens with zero attached hydrogens (tertiary/aromatic N) is 2. The summed E-state index contributed by atoms with van der Waals surface area (Å²) in [5.41, 5.74) is 0. The molecule has 3 nitrogen and oxygen atoms in total. The minimum Gasteiger partial charge on any atom is -0.301 e. The molecule has 2 saturated carbocycles. The predicted molar refractivity (Wildman–Crippen MR) is 70.7 cm³/mol. The van der Waals surface area contributed by atoms with Crippen molar-refractivity contribution in [3.8, 4) is 0 Å². The van der Waals surface area contributed by atoms with E-state index in [0.29, 0.717) is 12.0 Å². The third kappa shape index (κ3) is 2.19. The van der Waals surface area contributed by atoms with E-state index in [9.17, 15) is 0 Å². The third-order valence-corrected chi connectivity index (χ3v) is 4.61. The Morgan fingerprint density at radius 3 is 2.71 bits per heavy atom. The van der Waals surface area contributed by atoms with Gasteiger partial charge in [0.1, 0.15) is 5.82 Å². The topological polar surface area (TPSA) is 33.6 Å². The minimum atomic E-state index is 0.583. The van der Waals surface area contributed by atoms with Crippen LogP contribution in [0.15, 0.2) is 0 Å². The molecule has 0 amide bonds. The van der Waals surface area contributed by atoms with Crippen LogP contribution in [0.5, 0.6) is 0 Å². The minimum absolute atomic E-state index is 0.583. The summed E-state index contributed by atoms with van der Waals surface area (Å²) in [6, 6.07) is 0.583. The Hall–Kier alpha value is -0.640. The van der Waals surface area contributed by atoms with Crippen molar-refractivity contribution < 1.29 is 0 Å². The maximum Gasteiger partial charge on any atom is 0.195 e. The van der Waals surface area contributed by atoms with Gasteiger partial charge in [-0.3, -0.25) is 5.10 Å². The van der Waals surface area contributed by atoms with Crippen molar-refractivity contribution in [2.75, 3.05) is 0 Å². The summed E-state index contributed by atoms with van der Waals surface area (Å²) in [5.74, 6) is 2.64. The highest BCUT2D eigenvalue weighted by Gasteiger charge is 2.32. The highest BCUT2D eigenvalue weighted by molar-refractivity contribution is 7.71. The van der Waals surface area contributed by atoms with Gasteiger partial charge in [0.05, 0.1) is 0 Å². The van der Waals surface area contributed by atoms with Gasteiger partial charge in [0.2, 0.25) is 0 Å². The van der Waals surface area contributed by atoms with Gasteiger partial charge in [0.25, 0.3) is 0 Å². The van der Waals surface area contributed by atoms with Crippen LogP contribution in [0.2, 0.25) is 0 Å². The highest BCUT2D eigenvalue weighted by Crippen LogP contribution is 2.42. The van der Waals surface area contributed by atoms with Crippen LogP contribution in [-0.2, 0) is 0 Å². The van der Waals surface area contributed by atoms with E-state index in [2.05, 4.69) is 21.7 Å². The smallest absolute Gasteiger partial charge is 0.195 e. The van der Waals surface area contributed by atoms with Gasteiger partial charge in [-0.25, -0.2) is 0 Å². The molecule has 94 valence electrons. The van der Waals surface area contributed by atoms with Crippen LogP contribution in [0.1, 0.15) is 69.7 Å². The molecular formula is C13H21N3S. The Morgan fingerprint density at radius 1 is 1.18 bits per heavy atom. The lowest BCUT2D eigenvalue weighted by atomic mass is 9.96. The Bertz CT molecular complexity index is 444. The van der Waals surface area contributed by atoms with Crippen LogP contribution in [0.4, 0.5) is 0 Å². The van der Waals surface area contributed by atoms with Gasteiger partial charge in [0.15, 0.2) is 4.77 Å². The van der Waals surface area contributed by atoms with Crippen LogP contribution in [0, 0.1) is 10.7 Å². The van der Waals surface area contributed by atoms with E-state index >= 15 is 0 Å². The summed E-state index contributed by atoms with van der Waals surface area (Å²) in [7, 11) is 0. The predicted octanol–water partition coefficient (Wildman–Crippen LogP) is 3.96. The fourth-order valence-corrected chi connectivity index (χ4v) is 3.40. The van der Waals surface area contributed by atoms with E-state index in [1.807, 2.05) is 0 Å². The van der Waals surface area contributed by atoms with Gasteiger partial charge in [-0.2, -0.15) is 5.10 Å². The molecule has 1 aromatic rings. The first-order chi connectivity index (χ1) is 8.27. The normalized spacial score (nSPS) is 30.2. The number of rotatable bonds is 2. The van der Waals surface area contributed by atoms with Gasteiger partial charge < -0.3 is 4.57 Å². The van der Waals surface area contributed by atoms with E-state index in [1.54, 1.807) is 0 Å². The molecule has 0 saturated heterocycles. The highest BCUT2D eigenvalue weighted by atomic mass is 32.1. The number of H-pyrrole nitrogens is 1. The second-order valence-corrected chi connectivity index (χ2v) is 6.10. The van der Waals surface area contributed by atoms with E-state index in [-0.39, 0.29) is 0 Å². The molecule has 2 aliphatic carbocycles. The van der Waals surface area contributed by atoms with Gasteiger partial charge in [-0.1, -0.05) is 26.2 Å². The molecule has 1 N–H and O–H groups in total. The van der Waals surface area contributed by atoms with Crippen molar-refractivity contribution in [3.05, 3.63) is 10.6 Å². The zero-order valence-corrected chi connectivity index (χ0v) is 11.3. The Labute approximate surface area is 108 Å². The van der Waals surface area contributed by atoms with Gasteiger partial charge in [0, 0.05) is 12.0 Å². The average Bonchev–Trinajstić information content (AvgIpc) is 3.10. The standard InChI is InChI=1S/C13H21N3S/c1-9-5-3-2-4-6-11(9)16-12(10-7-8-10)14-15-13(16)17/h9-11H,2-8H2,1H3,(H,15,17). The van der Waals surface area contributed by atoms with Crippen LogP contribution in [-0.4, -0.2) is 14.8 Å². The molecule has 0 bridgehead atoms. The summed E-state index contributed by atoms with van der Waals surface area (Å²) in [5, 5.41) is 7.48. The monoisotopic (exact) mass is 251 g/mol. The molecule has 3 rings (SSSR count). The van der Waals surface area contributed by atoms with Crippen LogP contribution in [0.3, 0.4) is 0 Å². The second-order valence-electron chi connectivity index (χ2n) is 5.71. The second kappa shape index (κ2) is 4.56. The Balaban J connectivity index is 1.95. The third-order valence-electron chi connectivity index (χ3n) is 4.32. The molecular weight excluding hydrogens is 230 g/mol. The first-order valence-corrected chi connectivity index (χ1v) is 7.35. The van der Waals surface area contributed by atoms with Gasteiger partial charge in [-0.05, 0) is 43.8 Å². The van der Waals surface area contributed by atoms with E-state index < -0.39 is 0 Å². The van der Waals surface area contributed by atoms with Crippen molar-refractivity contribution in [3.63, 3.8) is 0 Å². The first-order valence-electron chi connectivity index (χ1n) is 6.94. The molecule has 2 aliphatic rings.